The molecule has 1 unspecified atom stereocenters. The van der Waals surface area contributed by atoms with Gasteiger partial charge in [-0.25, -0.2) is 0 Å². The summed E-state index contributed by atoms with van der Waals surface area (Å²) in [5.74, 6) is 0.869. The minimum atomic E-state index is -0.798. The van der Waals surface area contributed by atoms with Gasteiger partial charge in [0.25, 0.3) is 5.91 Å². The van der Waals surface area contributed by atoms with Gasteiger partial charge in [0.1, 0.15) is 17.5 Å². The Labute approximate surface area is 238 Å². The summed E-state index contributed by atoms with van der Waals surface area (Å²) < 4.78 is 10.4. The highest BCUT2D eigenvalue weighted by Gasteiger charge is 2.44. The van der Waals surface area contributed by atoms with E-state index in [2.05, 4.69) is 5.32 Å². The first-order chi connectivity index (χ1) is 19.4. The number of rotatable bonds is 9. The van der Waals surface area contributed by atoms with E-state index in [0.717, 1.165) is 17.7 Å². The molecule has 2 aliphatic heterocycles. The number of nitrogens with one attached hydrogen (secondary N) is 1. The van der Waals surface area contributed by atoms with E-state index >= 15 is 0 Å². The number of thiocarbonyl (C=S) groups is 1. The van der Waals surface area contributed by atoms with Crippen molar-refractivity contribution in [1.29, 1.82) is 0 Å². The van der Waals surface area contributed by atoms with E-state index in [1.54, 1.807) is 72.6 Å². The van der Waals surface area contributed by atoms with Crippen LogP contribution >= 0.6 is 12.2 Å². The molecule has 3 aromatic rings. The van der Waals surface area contributed by atoms with Gasteiger partial charge in [0.2, 0.25) is 11.8 Å². The fourth-order valence-electron chi connectivity index (χ4n) is 4.94. The van der Waals surface area contributed by atoms with Gasteiger partial charge in [-0.1, -0.05) is 12.1 Å². The molecule has 0 aromatic heterocycles. The van der Waals surface area contributed by atoms with Crippen molar-refractivity contribution in [2.75, 3.05) is 35.9 Å². The van der Waals surface area contributed by atoms with Crippen LogP contribution < -0.4 is 24.6 Å². The average Bonchev–Trinajstić information content (AvgIpc) is 3.50. The maximum absolute atomic E-state index is 13.7. The summed E-state index contributed by atoms with van der Waals surface area (Å²) in [6.45, 7) is 1.04. The van der Waals surface area contributed by atoms with Crippen molar-refractivity contribution in [2.24, 2.45) is 0 Å². The highest BCUT2D eigenvalue weighted by Crippen LogP contribution is 2.31. The summed E-state index contributed by atoms with van der Waals surface area (Å²) in [4.78, 5) is 44.0. The van der Waals surface area contributed by atoms with E-state index < -0.39 is 6.04 Å². The van der Waals surface area contributed by atoms with Gasteiger partial charge >= 0.3 is 0 Å². The fourth-order valence-corrected chi connectivity index (χ4v) is 5.33. The molecule has 2 heterocycles. The molecule has 2 fully saturated rings. The summed E-state index contributed by atoms with van der Waals surface area (Å²) in [7, 11) is 3.15. The topological polar surface area (TPSA) is 91.4 Å². The van der Waals surface area contributed by atoms with Gasteiger partial charge in [-0.15, -0.1) is 0 Å². The van der Waals surface area contributed by atoms with Gasteiger partial charge < -0.3 is 24.6 Å². The first-order valence-electron chi connectivity index (χ1n) is 13.0. The zero-order valence-corrected chi connectivity index (χ0v) is 23.1. The second-order valence-corrected chi connectivity index (χ2v) is 9.96. The van der Waals surface area contributed by atoms with Crippen molar-refractivity contribution < 1.29 is 23.9 Å². The smallest absolute Gasteiger partial charge is 0.256 e. The van der Waals surface area contributed by atoms with E-state index in [4.69, 9.17) is 21.7 Å². The van der Waals surface area contributed by atoms with Crippen molar-refractivity contribution in [3.63, 3.8) is 0 Å². The molecule has 2 aliphatic rings. The third-order valence-electron chi connectivity index (χ3n) is 7.08. The molecule has 1 N–H and O–H groups in total. The van der Waals surface area contributed by atoms with Gasteiger partial charge in [-0.05, 0) is 84.9 Å². The Kier molecular flexibility index (Phi) is 7.97. The van der Waals surface area contributed by atoms with Gasteiger partial charge in [0, 0.05) is 30.9 Å². The molecule has 1 atom stereocenters. The largest absolute Gasteiger partial charge is 0.497 e. The van der Waals surface area contributed by atoms with Crippen molar-refractivity contribution >= 4 is 52.1 Å². The molecule has 0 saturated carbocycles. The standard InChI is InChI=1S/C30H30N4O5S/c1-38-24-13-7-21(8-14-24)31-27(35)18-26-29(37)34(23-11-15-25(39-2)16-12-23)30(40)33(26)19-20-5-9-22(10-6-20)32-17-3-4-28(32)36/h5-16,26H,3-4,17-19H2,1-2H3,(H,31,35). The monoisotopic (exact) mass is 558 g/mol. The summed E-state index contributed by atoms with van der Waals surface area (Å²) >= 11 is 5.80. The van der Waals surface area contributed by atoms with Crippen LogP contribution in [-0.4, -0.2) is 54.5 Å². The van der Waals surface area contributed by atoms with Crippen LogP contribution in [0, 0.1) is 0 Å². The molecule has 5 rings (SSSR count). The minimum absolute atomic E-state index is 0.0853. The van der Waals surface area contributed by atoms with Gasteiger partial charge in [-0.2, -0.15) is 0 Å². The Balaban J connectivity index is 1.37. The van der Waals surface area contributed by atoms with Crippen molar-refractivity contribution in [3.05, 3.63) is 78.4 Å². The Morgan fingerprint density at radius 2 is 1.50 bits per heavy atom. The first-order valence-corrected chi connectivity index (χ1v) is 13.4. The molecular weight excluding hydrogens is 528 g/mol. The number of methoxy groups -OCH3 is 2. The zero-order valence-electron chi connectivity index (χ0n) is 22.3. The minimum Gasteiger partial charge on any atom is -0.497 e. The molecule has 10 heteroatoms. The van der Waals surface area contributed by atoms with Crippen LogP contribution in [0.5, 0.6) is 11.5 Å². The number of nitrogens with zero attached hydrogens (tertiary/aromatic N) is 3. The molecule has 0 aliphatic carbocycles. The van der Waals surface area contributed by atoms with E-state index in [9.17, 15) is 14.4 Å². The van der Waals surface area contributed by atoms with E-state index in [-0.39, 0.29) is 24.1 Å². The molecule has 206 valence electrons. The third kappa shape index (κ3) is 5.62. The number of anilines is 3. The SMILES string of the molecule is COc1ccc(NC(=O)CC2C(=O)N(c3ccc(OC)cc3)C(=S)N2Cc2ccc(N3CCCC3=O)cc2)cc1. The molecule has 2 saturated heterocycles. The zero-order chi connectivity index (χ0) is 28.2. The molecule has 40 heavy (non-hydrogen) atoms. The summed E-state index contributed by atoms with van der Waals surface area (Å²) in [5, 5.41) is 3.18. The molecule has 3 aromatic carbocycles. The lowest BCUT2D eigenvalue weighted by Crippen LogP contribution is -2.37. The van der Waals surface area contributed by atoms with Crippen LogP contribution in [0.25, 0.3) is 0 Å². The number of benzene rings is 3. The second kappa shape index (κ2) is 11.7. The number of hydrogen-bond acceptors (Lipinski definition) is 6. The second-order valence-electron chi connectivity index (χ2n) is 9.59. The van der Waals surface area contributed by atoms with Crippen LogP contribution in [0.2, 0.25) is 0 Å². The highest BCUT2D eigenvalue weighted by atomic mass is 32.1. The Morgan fingerprint density at radius 3 is 2.08 bits per heavy atom. The number of carbonyl (C=O) groups is 3. The summed E-state index contributed by atoms with van der Waals surface area (Å²) in [6, 6.07) is 20.9. The molecule has 0 spiro atoms. The lowest BCUT2D eigenvalue weighted by molar-refractivity contribution is -0.124. The molecule has 9 nitrogen and oxygen atoms in total. The molecule has 3 amide bonds. The third-order valence-corrected chi connectivity index (χ3v) is 7.49. The molecular formula is C30H30N4O5S. The lowest BCUT2D eigenvalue weighted by Gasteiger charge is -2.24. The van der Waals surface area contributed by atoms with Crippen LogP contribution in [-0.2, 0) is 20.9 Å². The van der Waals surface area contributed by atoms with E-state index in [1.165, 1.54) is 4.90 Å². The van der Waals surface area contributed by atoms with Crippen molar-refractivity contribution in [2.45, 2.75) is 31.8 Å². The van der Waals surface area contributed by atoms with Crippen LogP contribution in [0.3, 0.4) is 0 Å². The molecule has 0 bridgehead atoms. The Hall–Kier alpha value is -4.44. The molecule has 0 radical (unpaired) electrons. The number of carbonyl (C=O) groups excluding carboxylic acids is 3. The normalized spacial score (nSPS) is 17.0. The number of hydrogen-bond donors (Lipinski definition) is 1. The Morgan fingerprint density at radius 1 is 0.900 bits per heavy atom. The van der Waals surface area contributed by atoms with Gasteiger partial charge in [0.05, 0.1) is 26.3 Å². The maximum Gasteiger partial charge on any atom is 0.256 e. The average molecular weight is 559 g/mol. The van der Waals surface area contributed by atoms with E-state index in [1.807, 2.05) is 24.3 Å². The number of ether oxygens (including phenoxy) is 2. The predicted octanol–water partition coefficient (Wildman–Crippen LogP) is 4.36. The van der Waals surface area contributed by atoms with Gasteiger partial charge in [-0.3, -0.25) is 19.3 Å². The number of amides is 3. The van der Waals surface area contributed by atoms with Crippen molar-refractivity contribution in [3.8, 4) is 11.5 Å². The maximum atomic E-state index is 13.7. The Bertz CT molecular complexity index is 1410. The van der Waals surface area contributed by atoms with Crippen LogP contribution in [0.4, 0.5) is 17.1 Å². The highest BCUT2D eigenvalue weighted by molar-refractivity contribution is 7.80. The van der Waals surface area contributed by atoms with Crippen LogP contribution in [0.15, 0.2) is 72.8 Å². The summed E-state index contributed by atoms with van der Waals surface area (Å²) in [6.07, 6.45) is 1.33. The lowest BCUT2D eigenvalue weighted by atomic mass is 10.1. The summed E-state index contributed by atoms with van der Waals surface area (Å²) in [5.41, 5.74) is 2.95. The first kappa shape index (κ1) is 27.1. The quantitative estimate of drug-likeness (QED) is 0.390. The van der Waals surface area contributed by atoms with E-state index in [0.29, 0.717) is 47.5 Å². The van der Waals surface area contributed by atoms with Crippen molar-refractivity contribution in [1.82, 2.24) is 4.90 Å². The van der Waals surface area contributed by atoms with Crippen LogP contribution in [0.1, 0.15) is 24.8 Å². The predicted molar refractivity (Wildman–Crippen MR) is 157 cm³/mol. The van der Waals surface area contributed by atoms with Gasteiger partial charge in [0.15, 0.2) is 5.11 Å². The fraction of sp³-hybridized carbons (Fsp3) is 0.267.